The number of carbonyl (C=O) groups is 4. The maximum Gasteiger partial charge on any atom is 0.414 e. The molecule has 0 bridgehead atoms. The molecular weight excluding hydrogens is 442 g/mol. The molecule has 0 spiro atoms. The Morgan fingerprint density at radius 3 is 2.56 bits per heavy atom. The first-order valence-electron chi connectivity index (χ1n) is 10.5. The molecule has 0 radical (unpaired) electrons. The zero-order valence-corrected chi connectivity index (χ0v) is 18.7. The molecule has 4 rings (SSSR count). The van der Waals surface area contributed by atoms with Crippen LogP contribution in [0.1, 0.15) is 17.5 Å². The summed E-state index contributed by atoms with van der Waals surface area (Å²) in [5.74, 6) is -3.44. The maximum absolute atomic E-state index is 12.8. The number of hydrogen-bond acceptors (Lipinski definition) is 6. The van der Waals surface area contributed by atoms with Crippen LogP contribution in [0, 0.1) is 6.92 Å². The van der Waals surface area contributed by atoms with Gasteiger partial charge in [-0.1, -0.05) is 17.7 Å². The van der Waals surface area contributed by atoms with Crippen molar-refractivity contribution in [1.82, 2.24) is 10.3 Å². The van der Waals surface area contributed by atoms with Gasteiger partial charge in [0, 0.05) is 29.7 Å². The molecule has 1 atom stereocenters. The number of methoxy groups -OCH3 is 1. The van der Waals surface area contributed by atoms with Crippen LogP contribution in [-0.2, 0) is 25.6 Å². The first kappa shape index (κ1) is 24.5. The van der Waals surface area contributed by atoms with E-state index < -0.39 is 18.0 Å². The highest BCUT2D eigenvalue weighted by Gasteiger charge is 2.39. The van der Waals surface area contributed by atoms with Gasteiger partial charge < -0.3 is 25.3 Å². The molecule has 10 heteroatoms. The van der Waals surface area contributed by atoms with Crippen molar-refractivity contribution in [3.63, 3.8) is 0 Å². The lowest BCUT2D eigenvalue weighted by molar-refractivity contribution is -0.159. The van der Waals surface area contributed by atoms with Crippen LogP contribution in [0.3, 0.4) is 0 Å². The number of carbonyl (C=O) groups excluding carboxylic acids is 2. The number of aromatic nitrogens is 1. The third-order valence-electron chi connectivity index (χ3n) is 5.35. The van der Waals surface area contributed by atoms with Crippen molar-refractivity contribution < 1.29 is 34.1 Å². The highest BCUT2D eigenvalue weighted by molar-refractivity contribution is 6.27. The van der Waals surface area contributed by atoms with E-state index in [0.29, 0.717) is 18.0 Å². The van der Waals surface area contributed by atoms with E-state index in [1.807, 2.05) is 6.20 Å². The predicted octanol–water partition coefficient (Wildman–Crippen LogP) is 2.10. The predicted molar refractivity (Wildman–Crippen MR) is 124 cm³/mol. The van der Waals surface area contributed by atoms with E-state index in [2.05, 4.69) is 35.4 Å². The fourth-order valence-electron chi connectivity index (χ4n) is 3.69. The molecule has 3 aromatic rings. The smallest absolute Gasteiger partial charge is 0.414 e. The second-order valence-electron chi connectivity index (χ2n) is 7.70. The lowest BCUT2D eigenvalue weighted by Gasteiger charge is -2.16. The van der Waals surface area contributed by atoms with Gasteiger partial charge in [-0.25, -0.2) is 14.5 Å². The molecule has 2 heterocycles. The Labute approximate surface area is 195 Å². The van der Waals surface area contributed by atoms with Crippen LogP contribution in [0.2, 0.25) is 0 Å². The van der Waals surface area contributed by atoms with Crippen LogP contribution in [0.25, 0.3) is 10.9 Å². The van der Waals surface area contributed by atoms with Crippen molar-refractivity contribution in [3.05, 3.63) is 59.8 Å². The van der Waals surface area contributed by atoms with E-state index in [9.17, 15) is 9.59 Å². The number of imide groups is 1. The second kappa shape index (κ2) is 10.6. The van der Waals surface area contributed by atoms with Crippen LogP contribution < -0.4 is 15.0 Å². The average Bonchev–Trinajstić information content (AvgIpc) is 3.33. The molecular formula is C24H25N3O7. The number of nitrogens with one attached hydrogen (secondary N) is 2. The van der Waals surface area contributed by atoms with Gasteiger partial charge >= 0.3 is 11.9 Å². The third kappa shape index (κ3) is 5.59. The summed E-state index contributed by atoms with van der Waals surface area (Å²) < 4.78 is 5.19. The Bertz CT molecular complexity index is 1220. The molecule has 2 aromatic carbocycles. The SMILES string of the molecule is COc1cccc(N2C(=O)CC(NCCc3c[nH]c4ccc(C)cc34)C2=O)c1.O=C(O)C(=O)O. The van der Waals surface area contributed by atoms with Gasteiger partial charge in [-0.3, -0.25) is 9.59 Å². The second-order valence-corrected chi connectivity index (χ2v) is 7.70. The first-order chi connectivity index (χ1) is 16.2. The minimum Gasteiger partial charge on any atom is -0.497 e. The quantitative estimate of drug-likeness (QED) is 0.318. The molecule has 1 aliphatic rings. The number of fused-ring (bicyclic) bond motifs is 1. The van der Waals surface area contributed by atoms with Gasteiger partial charge in [-0.2, -0.15) is 0 Å². The van der Waals surface area contributed by atoms with Crippen molar-refractivity contribution in [1.29, 1.82) is 0 Å². The molecule has 178 valence electrons. The molecule has 0 aliphatic carbocycles. The number of benzene rings is 2. The number of amides is 2. The molecule has 0 saturated carbocycles. The summed E-state index contributed by atoms with van der Waals surface area (Å²) in [5, 5.41) is 19.2. The largest absolute Gasteiger partial charge is 0.497 e. The molecule has 1 unspecified atom stereocenters. The molecule has 1 saturated heterocycles. The lowest BCUT2D eigenvalue weighted by atomic mass is 10.1. The standard InChI is InChI=1S/C22H23N3O3.C2H2O4/c1-14-6-7-19-18(10-14)15(13-24-19)8-9-23-20-12-21(26)25(22(20)27)16-4-3-5-17(11-16)28-2;3-1(4)2(5)6/h3-7,10-11,13,20,23-24H,8-9,12H2,1-2H3;(H,3,4)(H,5,6). The van der Waals surface area contributed by atoms with Gasteiger partial charge in [0.15, 0.2) is 0 Å². The van der Waals surface area contributed by atoms with Crippen LogP contribution in [-0.4, -0.2) is 58.6 Å². The van der Waals surface area contributed by atoms with Crippen molar-refractivity contribution in [3.8, 4) is 5.75 Å². The van der Waals surface area contributed by atoms with Crippen molar-refractivity contribution in [2.24, 2.45) is 0 Å². The van der Waals surface area contributed by atoms with E-state index in [0.717, 1.165) is 11.9 Å². The zero-order chi connectivity index (χ0) is 24.8. The number of aliphatic carboxylic acids is 2. The van der Waals surface area contributed by atoms with Crippen molar-refractivity contribution in [2.75, 3.05) is 18.6 Å². The number of aromatic amines is 1. The van der Waals surface area contributed by atoms with Gasteiger partial charge in [0.25, 0.3) is 5.91 Å². The number of carboxylic acids is 2. The maximum atomic E-state index is 12.8. The summed E-state index contributed by atoms with van der Waals surface area (Å²) in [4.78, 5) is 47.9. The lowest BCUT2D eigenvalue weighted by Crippen LogP contribution is -2.39. The number of carboxylic acid groups (broad SMARTS) is 2. The molecule has 4 N–H and O–H groups in total. The Morgan fingerprint density at radius 2 is 1.88 bits per heavy atom. The number of aryl methyl sites for hydroxylation is 1. The third-order valence-corrected chi connectivity index (χ3v) is 5.35. The molecule has 10 nitrogen and oxygen atoms in total. The van der Waals surface area contributed by atoms with Crippen LogP contribution >= 0.6 is 0 Å². The molecule has 1 aromatic heterocycles. The number of H-pyrrole nitrogens is 1. The van der Waals surface area contributed by atoms with Gasteiger partial charge in [-0.15, -0.1) is 0 Å². The number of hydrogen-bond donors (Lipinski definition) is 4. The summed E-state index contributed by atoms with van der Waals surface area (Å²) in [6.45, 7) is 2.70. The minimum atomic E-state index is -1.82. The van der Waals surface area contributed by atoms with E-state index in [1.54, 1.807) is 31.4 Å². The Balaban J connectivity index is 0.000000481. The Hall–Kier alpha value is -4.18. The minimum absolute atomic E-state index is 0.170. The summed E-state index contributed by atoms with van der Waals surface area (Å²) >= 11 is 0. The van der Waals surface area contributed by atoms with Crippen molar-refractivity contribution >= 4 is 40.3 Å². The Morgan fingerprint density at radius 1 is 1.15 bits per heavy atom. The number of rotatable bonds is 6. The van der Waals surface area contributed by atoms with Crippen LogP contribution in [0.15, 0.2) is 48.7 Å². The van der Waals surface area contributed by atoms with Gasteiger partial charge in [0.05, 0.1) is 25.3 Å². The van der Waals surface area contributed by atoms with Gasteiger partial charge in [0.1, 0.15) is 5.75 Å². The topological polar surface area (TPSA) is 149 Å². The number of anilines is 1. The van der Waals surface area contributed by atoms with E-state index in [4.69, 9.17) is 24.5 Å². The number of ether oxygens (including phenoxy) is 1. The van der Waals surface area contributed by atoms with Crippen LogP contribution in [0.4, 0.5) is 5.69 Å². The highest BCUT2D eigenvalue weighted by atomic mass is 16.5. The average molecular weight is 467 g/mol. The van der Waals surface area contributed by atoms with E-state index >= 15 is 0 Å². The van der Waals surface area contributed by atoms with E-state index in [1.165, 1.54) is 21.4 Å². The normalized spacial score (nSPS) is 15.2. The zero-order valence-electron chi connectivity index (χ0n) is 18.7. The number of nitrogens with zero attached hydrogens (tertiary/aromatic N) is 1. The highest BCUT2D eigenvalue weighted by Crippen LogP contribution is 2.26. The molecule has 1 aliphatic heterocycles. The summed E-state index contributed by atoms with van der Waals surface area (Å²) in [7, 11) is 1.56. The molecule has 1 fully saturated rings. The fourth-order valence-corrected chi connectivity index (χ4v) is 3.69. The first-order valence-corrected chi connectivity index (χ1v) is 10.5. The van der Waals surface area contributed by atoms with Crippen LogP contribution in [0.5, 0.6) is 5.75 Å². The molecule has 34 heavy (non-hydrogen) atoms. The Kier molecular flexibility index (Phi) is 7.64. The molecule has 2 amide bonds. The van der Waals surface area contributed by atoms with Crippen molar-refractivity contribution in [2.45, 2.75) is 25.8 Å². The summed E-state index contributed by atoms with van der Waals surface area (Å²) in [6, 6.07) is 12.8. The summed E-state index contributed by atoms with van der Waals surface area (Å²) in [5.41, 5.74) is 4.07. The van der Waals surface area contributed by atoms with E-state index in [-0.39, 0.29) is 18.2 Å². The van der Waals surface area contributed by atoms with Gasteiger partial charge in [0.2, 0.25) is 5.91 Å². The summed E-state index contributed by atoms with van der Waals surface area (Å²) in [6.07, 6.45) is 2.96. The van der Waals surface area contributed by atoms with Gasteiger partial charge in [-0.05, 0) is 43.2 Å². The fraction of sp³-hybridized carbons (Fsp3) is 0.250. The monoisotopic (exact) mass is 467 g/mol.